The number of nitrogens with two attached hydrogens (primary N) is 1. The van der Waals surface area contributed by atoms with Gasteiger partial charge in [-0.05, 0) is 25.0 Å². The summed E-state index contributed by atoms with van der Waals surface area (Å²) in [5.74, 6) is 0.342. The van der Waals surface area contributed by atoms with Crippen LogP contribution in [0.25, 0.3) is 0 Å². The van der Waals surface area contributed by atoms with Gasteiger partial charge in [0.1, 0.15) is 5.69 Å². The molecular formula is C13H19N3O2. The Bertz CT molecular complexity index is 428. The maximum Gasteiger partial charge on any atom is 0.237 e. The average Bonchev–Trinajstić information content (AvgIpc) is 2.76. The van der Waals surface area contributed by atoms with Crippen LogP contribution in [0.4, 0.5) is 5.69 Å². The van der Waals surface area contributed by atoms with Gasteiger partial charge in [0.2, 0.25) is 11.8 Å². The van der Waals surface area contributed by atoms with Gasteiger partial charge < -0.3 is 15.8 Å². The molecule has 1 aromatic rings. The van der Waals surface area contributed by atoms with Crippen molar-refractivity contribution in [1.29, 1.82) is 0 Å². The molecule has 1 saturated carbocycles. The third-order valence-electron chi connectivity index (χ3n) is 3.35. The molecule has 0 aliphatic heterocycles. The van der Waals surface area contributed by atoms with Crippen molar-refractivity contribution in [3.63, 3.8) is 0 Å². The minimum absolute atomic E-state index is 0.0781. The smallest absolute Gasteiger partial charge is 0.237 e. The molecule has 0 atom stereocenters. The Hall–Kier alpha value is -1.62. The first-order valence-corrected chi connectivity index (χ1v) is 6.21. The van der Waals surface area contributed by atoms with E-state index in [4.69, 9.17) is 10.5 Å². The van der Waals surface area contributed by atoms with Gasteiger partial charge in [0.05, 0.1) is 7.11 Å². The molecule has 1 aromatic heterocycles. The van der Waals surface area contributed by atoms with Crippen molar-refractivity contribution in [2.75, 3.05) is 12.4 Å². The fourth-order valence-corrected chi connectivity index (χ4v) is 2.42. The van der Waals surface area contributed by atoms with E-state index >= 15 is 0 Å². The molecule has 1 heterocycles. The van der Waals surface area contributed by atoms with E-state index in [1.54, 1.807) is 18.3 Å². The molecule has 0 unspecified atom stereocenters. The molecule has 3 N–H and O–H groups in total. The van der Waals surface area contributed by atoms with Crippen molar-refractivity contribution in [3.8, 4) is 5.88 Å². The second kappa shape index (κ2) is 5.35. The van der Waals surface area contributed by atoms with Crippen molar-refractivity contribution in [1.82, 2.24) is 4.98 Å². The number of aromatic nitrogens is 1. The third kappa shape index (κ3) is 2.98. The molecule has 1 amide bonds. The fourth-order valence-electron chi connectivity index (χ4n) is 2.42. The second-order valence-corrected chi connectivity index (χ2v) is 4.85. The SMILES string of the molecule is COc1ncccc1NC(=O)CC1(N)CCCC1. The average molecular weight is 249 g/mol. The first-order chi connectivity index (χ1) is 8.63. The van der Waals surface area contributed by atoms with E-state index < -0.39 is 0 Å². The number of nitrogens with one attached hydrogen (secondary N) is 1. The van der Waals surface area contributed by atoms with Gasteiger partial charge in [0, 0.05) is 18.2 Å². The van der Waals surface area contributed by atoms with Gasteiger partial charge in [-0.3, -0.25) is 4.79 Å². The normalized spacial score (nSPS) is 17.4. The van der Waals surface area contributed by atoms with Crippen LogP contribution in [0, 0.1) is 0 Å². The molecule has 1 aliphatic carbocycles. The van der Waals surface area contributed by atoms with Gasteiger partial charge >= 0.3 is 0 Å². The fraction of sp³-hybridized carbons (Fsp3) is 0.538. The van der Waals surface area contributed by atoms with E-state index in [-0.39, 0.29) is 11.4 Å². The molecule has 0 bridgehead atoms. The van der Waals surface area contributed by atoms with Crippen molar-refractivity contribution in [3.05, 3.63) is 18.3 Å². The molecule has 0 spiro atoms. The Morgan fingerprint density at radius 3 is 2.94 bits per heavy atom. The summed E-state index contributed by atoms with van der Waals surface area (Å²) in [6.07, 6.45) is 6.04. The summed E-state index contributed by atoms with van der Waals surface area (Å²) in [6.45, 7) is 0. The molecule has 2 rings (SSSR count). The number of anilines is 1. The molecule has 5 heteroatoms. The Morgan fingerprint density at radius 2 is 2.28 bits per heavy atom. The zero-order valence-corrected chi connectivity index (χ0v) is 10.6. The number of hydrogen-bond acceptors (Lipinski definition) is 4. The molecule has 0 saturated heterocycles. The number of carbonyl (C=O) groups excluding carboxylic acids is 1. The van der Waals surface area contributed by atoms with Crippen molar-refractivity contribution in [2.45, 2.75) is 37.6 Å². The standard InChI is InChI=1S/C13H19N3O2/c1-18-12-10(5-4-8-15-12)16-11(17)9-13(14)6-2-3-7-13/h4-5,8H,2-3,6-7,9,14H2,1H3,(H,16,17). The van der Waals surface area contributed by atoms with E-state index in [1.807, 2.05) is 0 Å². The summed E-state index contributed by atoms with van der Waals surface area (Å²) >= 11 is 0. The van der Waals surface area contributed by atoms with Crippen LogP contribution < -0.4 is 15.8 Å². The van der Waals surface area contributed by atoms with Crippen molar-refractivity contribution >= 4 is 11.6 Å². The third-order valence-corrected chi connectivity index (χ3v) is 3.35. The lowest BCUT2D eigenvalue weighted by atomic mass is 9.94. The summed E-state index contributed by atoms with van der Waals surface area (Å²) in [4.78, 5) is 16.0. The summed E-state index contributed by atoms with van der Waals surface area (Å²) < 4.78 is 5.08. The van der Waals surface area contributed by atoms with Gasteiger partial charge in [-0.2, -0.15) is 0 Å². The van der Waals surface area contributed by atoms with Gasteiger partial charge in [0.15, 0.2) is 0 Å². The van der Waals surface area contributed by atoms with E-state index in [0.717, 1.165) is 25.7 Å². The largest absolute Gasteiger partial charge is 0.480 e. The number of nitrogens with zero attached hydrogens (tertiary/aromatic N) is 1. The van der Waals surface area contributed by atoms with E-state index in [9.17, 15) is 4.79 Å². The number of amides is 1. The lowest BCUT2D eigenvalue weighted by Gasteiger charge is -2.22. The minimum atomic E-state index is -0.334. The quantitative estimate of drug-likeness (QED) is 0.851. The molecule has 1 aliphatic rings. The van der Waals surface area contributed by atoms with Gasteiger partial charge in [-0.15, -0.1) is 0 Å². The van der Waals surface area contributed by atoms with E-state index in [0.29, 0.717) is 18.0 Å². The maximum atomic E-state index is 12.0. The van der Waals surface area contributed by atoms with Gasteiger partial charge in [-0.25, -0.2) is 4.98 Å². The first-order valence-electron chi connectivity index (χ1n) is 6.21. The molecule has 5 nitrogen and oxygen atoms in total. The topological polar surface area (TPSA) is 77.2 Å². The van der Waals surface area contributed by atoms with Crippen LogP contribution in [-0.4, -0.2) is 23.5 Å². The Balaban J connectivity index is 1.98. The van der Waals surface area contributed by atoms with Gasteiger partial charge in [-0.1, -0.05) is 12.8 Å². The van der Waals surface area contributed by atoms with Crippen LogP contribution in [-0.2, 0) is 4.79 Å². The lowest BCUT2D eigenvalue weighted by molar-refractivity contribution is -0.117. The van der Waals surface area contributed by atoms with Crippen LogP contribution in [0.5, 0.6) is 5.88 Å². The lowest BCUT2D eigenvalue weighted by Crippen LogP contribution is -2.40. The maximum absolute atomic E-state index is 12.0. The van der Waals surface area contributed by atoms with Crippen LogP contribution in [0.3, 0.4) is 0 Å². The van der Waals surface area contributed by atoms with Gasteiger partial charge in [0.25, 0.3) is 0 Å². The number of pyridine rings is 1. The highest BCUT2D eigenvalue weighted by atomic mass is 16.5. The highest BCUT2D eigenvalue weighted by molar-refractivity contribution is 5.92. The molecule has 0 aromatic carbocycles. The number of carbonyl (C=O) groups is 1. The predicted octanol–water partition coefficient (Wildman–Crippen LogP) is 1.69. The zero-order valence-electron chi connectivity index (χ0n) is 10.6. The molecule has 18 heavy (non-hydrogen) atoms. The van der Waals surface area contributed by atoms with Crippen LogP contribution in [0.15, 0.2) is 18.3 Å². The molecular weight excluding hydrogens is 230 g/mol. The Morgan fingerprint density at radius 1 is 1.56 bits per heavy atom. The Labute approximate surface area is 107 Å². The number of methoxy groups -OCH3 is 1. The second-order valence-electron chi connectivity index (χ2n) is 4.85. The first kappa shape index (κ1) is 12.8. The number of hydrogen-bond donors (Lipinski definition) is 2. The summed E-state index contributed by atoms with van der Waals surface area (Å²) in [7, 11) is 1.53. The zero-order chi connectivity index (χ0) is 13.0. The molecule has 0 radical (unpaired) electrons. The van der Waals surface area contributed by atoms with Crippen LogP contribution in [0.1, 0.15) is 32.1 Å². The summed E-state index contributed by atoms with van der Waals surface area (Å²) in [5, 5.41) is 2.81. The molecule has 1 fully saturated rings. The summed E-state index contributed by atoms with van der Waals surface area (Å²) in [6, 6.07) is 3.52. The molecule has 98 valence electrons. The number of ether oxygens (including phenoxy) is 1. The monoisotopic (exact) mass is 249 g/mol. The van der Waals surface area contributed by atoms with Crippen molar-refractivity contribution in [2.24, 2.45) is 5.73 Å². The highest BCUT2D eigenvalue weighted by Gasteiger charge is 2.31. The van der Waals surface area contributed by atoms with Crippen LogP contribution >= 0.6 is 0 Å². The van der Waals surface area contributed by atoms with Crippen LogP contribution in [0.2, 0.25) is 0 Å². The minimum Gasteiger partial charge on any atom is -0.480 e. The van der Waals surface area contributed by atoms with E-state index in [2.05, 4.69) is 10.3 Å². The summed E-state index contributed by atoms with van der Waals surface area (Å²) in [5.41, 5.74) is 6.43. The predicted molar refractivity (Wildman–Crippen MR) is 69.4 cm³/mol. The van der Waals surface area contributed by atoms with E-state index in [1.165, 1.54) is 7.11 Å². The Kier molecular flexibility index (Phi) is 3.81. The highest BCUT2D eigenvalue weighted by Crippen LogP contribution is 2.30. The van der Waals surface area contributed by atoms with Crippen molar-refractivity contribution < 1.29 is 9.53 Å². The number of rotatable bonds is 4.